The molecule has 2 heterocycles. The van der Waals surface area contributed by atoms with Crippen molar-refractivity contribution in [2.45, 2.75) is 39.0 Å². The zero-order chi connectivity index (χ0) is 13.3. The van der Waals surface area contributed by atoms with Gasteiger partial charge in [-0.3, -0.25) is 0 Å². The van der Waals surface area contributed by atoms with Gasteiger partial charge in [0.1, 0.15) is 5.82 Å². The summed E-state index contributed by atoms with van der Waals surface area (Å²) in [6.07, 6.45) is 0. The molecule has 1 aromatic heterocycles. The maximum absolute atomic E-state index is 5.76. The quantitative estimate of drug-likeness (QED) is 0.814. The van der Waals surface area contributed by atoms with E-state index >= 15 is 0 Å². The predicted octanol–water partition coefficient (Wildman–Crippen LogP) is 0.521. The van der Waals surface area contributed by atoms with Crippen LogP contribution in [0, 0.1) is 0 Å². The molecule has 0 spiro atoms. The molecule has 0 unspecified atom stereocenters. The first-order chi connectivity index (χ1) is 8.33. The van der Waals surface area contributed by atoms with Gasteiger partial charge in [-0.2, -0.15) is 4.98 Å². The van der Waals surface area contributed by atoms with Gasteiger partial charge in [0.15, 0.2) is 0 Å². The Kier molecular flexibility index (Phi) is 3.41. The first-order valence-electron chi connectivity index (χ1n) is 6.11. The lowest BCUT2D eigenvalue weighted by Gasteiger charge is -2.37. The number of nitrogens with zero attached hydrogens (tertiary/aromatic N) is 3. The van der Waals surface area contributed by atoms with Gasteiger partial charge in [0, 0.05) is 25.2 Å². The normalized spacial score (nSPS) is 16.8. The fourth-order valence-corrected chi connectivity index (χ4v) is 1.73. The Bertz CT molecular complexity index is 423. The zero-order valence-corrected chi connectivity index (χ0v) is 11.2. The van der Waals surface area contributed by atoms with Crippen molar-refractivity contribution in [2.24, 2.45) is 5.73 Å². The fourth-order valence-electron chi connectivity index (χ4n) is 1.73. The first-order valence-corrected chi connectivity index (χ1v) is 6.11. The number of ether oxygens (including phenoxy) is 1. The van der Waals surface area contributed by atoms with Crippen LogP contribution in [0.15, 0.2) is 6.07 Å². The molecule has 0 bridgehead atoms. The lowest BCUT2D eigenvalue weighted by atomic mass is 10.1. The van der Waals surface area contributed by atoms with Crippen molar-refractivity contribution in [1.82, 2.24) is 9.97 Å². The SMILES string of the molecule is CC(C)(C)OCc1cc(N2CC(N)C2)nc(N)n1. The minimum absolute atomic E-state index is 0.195. The Labute approximate surface area is 107 Å². The van der Waals surface area contributed by atoms with Gasteiger partial charge in [-0.1, -0.05) is 0 Å². The highest BCUT2D eigenvalue weighted by atomic mass is 16.5. The van der Waals surface area contributed by atoms with Crippen LogP contribution in [0.2, 0.25) is 0 Å². The summed E-state index contributed by atoms with van der Waals surface area (Å²) in [5.41, 5.74) is 12.1. The summed E-state index contributed by atoms with van der Waals surface area (Å²) in [6, 6.07) is 2.14. The third kappa shape index (κ3) is 3.30. The van der Waals surface area contributed by atoms with E-state index in [1.54, 1.807) is 0 Å². The Balaban J connectivity index is 2.07. The van der Waals surface area contributed by atoms with Crippen molar-refractivity contribution < 1.29 is 4.74 Å². The van der Waals surface area contributed by atoms with Gasteiger partial charge in [0.05, 0.1) is 17.9 Å². The standard InChI is InChI=1S/C12H21N5O/c1-12(2,3)18-7-9-4-10(16-11(14)15-9)17-5-8(13)6-17/h4,8H,5-7,13H2,1-3H3,(H2,14,15,16). The van der Waals surface area contributed by atoms with Gasteiger partial charge in [0.25, 0.3) is 0 Å². The van der Waals surface area contributed by atoms with E-state index in [1.165, 1.54) is 0 Å². The third-order valence-electron chi connectivity index (χ3n) is 2.67. The van der Waals surface area contributed by atoms with E-state index in [9.17, 15) is 0 Å². The van der Waals surface area contributed by atoms with Gasteiger partial charge in [-0.15, -0.1) is 0 Å². The average molecular weight is 251 g/mol. The summed E-state index contributed by atoms with van der Waals surface area (Å²) < 4.78 is 5.69. The summed E-state index contributed by atoms with van der Waals surface area (Å²) >= 11 is 0. The first kappa shape index (κ1) is 13.0. The number of aromatic nitrogens is 2. The molecule has 2 rings (SSSR count). The van der Waals surface area contributed by atoms with Crippen LogP contribution in [0.1, 0.15) is 26.5 Å². The van der Waals surface area contributed by atoms with E-state index in [-0.39, 0.29) is 17.6 Å². The molecule has 0 aromatic carbocycles. The molecule has 4 N–H and O–H groups in total. The fraction of sp³-hybridized carbons (Fsp3) is 0.667. The molecule has 1 fully saturated rings. The minimum atomic E-state index is -0.195. The molecule has 1 aliphatic heterocycles. The van der Waals surface area contributed by atoms with Crippen LogP contribution in [0.3, 0.4) is 0 Å². The number of anilines is 2. The van der Waals surface area contributed by atoms with Crippen molar-refractivity contribution in [3.63, 3.8) is 0 Å². The van der Waals surface area contributed by atoms with Crippen molar-refractivity contribution in [3.05, 3.63) is 11.8 Å². The van der Waals surface area contributed by atoms with Gasteiger partial charge in [-0.05, 0) is 20.8 Å². The Morgan fingerprint density at radius 3 is 2.61 bits per heavy atom. The van der Waals surface area contributed by atoms with Crippen molar-refractivity contribution in [3.8, 4) is 0 Å². The van der Waals surface area contributed by atoms with Gasteiger partial charge >= 0.3 is 0 Å². The molecule has 6 heteroatoms. The number of hydrogen-bond acceptors (Lipinski definition) is 6. The summed E-state index contributed by atoms with van der Waals surface area (Å²) in [6.45, 7) is 8.09. The Morgan fingerprint density at radius 1 is 1.39 bits per heavy atom. The average Bonchev–Trinajstić information content (AvgIpc) is 2.20. The third-order valence-corrected chi connectivity index (χ3v) is 2.67. The number of nitrogens with two attached hydrogens (primary N) is 2. The monoisotopic (exact) mass is 251 g/mol. The molecule has 0 saturated carbocycles. The molecule has 1 aromatic rings. The smallest absolute Gasteiger partial charge is 0.222 e. The maximum atomic E-state index is 5.76. The second-order valence-corrected chi connectivity index (χ2v) is 5.64. The minimum Gasteiger partial charge on any atom is -0.370 e. The Morgan fingerprint density at radius 2 is 2.06 bits per heavy atom. The molecule has 1 aliphatic rings. The van der Waals surface area contributed by atoms with E-state index in [2.05, 4.69) is 14.9 Å². The van der Waals surface area contributed by atoms with Crippen molar-refractivity contribution >= 4 is 11.8 Å². The molecule has 6 nitrogen and oxygen atoms in total. The van der Waals surface area contributed by atoms with Crippen LogP contribution in [0.4, 0.5) is 11.8 Å². The van der Waals surface area contributed by atoms with Crippen LogP contribution in [0.25, 0.3) is 0 Å². The second-order valence-electron chi connectivity index (χ2n) is 5.64. The van der Waals surface area contributed by atoms with Gasteiger partial charge in [-0.25, -0.2) is 4.98 Å². The molecule has 100 valence electrons. The van der Waals surface area contributed by atoms with Crippen molar-refractivity contribution in [1.29, 1.82) is 0 Å². The lowest BCUT2D eigenvalue weighted by Crippen LogP contribution is -2.56. The maximum Gasteiger partial charge on any atom is 0.222 e. The molecule has 0 radical (unpaired) electrons. The van der Waals surface area contributed by atoms with Gasteiger partial charge < -0.3 is 21.1 Å². The highest BCUT2D eigenvalue weighted by molar-refractivity contribution is 5.46. The van der Waals surface area contributed by atoms with E-state index in [1.807, 2.05) is 26.8 Å². The Hall–Kier alpha value is -1.40. The van der Waals surface area contributed by atoms with E-state index < -0.39 is 0 Å². The molecule has 1 saturated heterocycles. The molecular formula is C12H21N5O. The molecule has 0 aliphatic carbocycles. The molecule has 0 atom stereocenters. The van der Waals surface area contributed by atoms with Crippen LogP contribution in [-0.2, 0) is 11.3 Å². The number of rotatable bonds is 3. The summed E-state index contributed by atoms with van der Waals surface area (Å²) in [5, 5.41) is 0. The van der Waals surface area contributed by atoms with Crippen LogP contribution >= 0.6 is 0 Å². The molecular weight excluding hydrogens is 230 g/mol. The van der Waals surface area contributed by atoms with Crippen molar-refractivity contribution in [2.75, 3.05) is 23.7 Å². The van der Waals surface area contributed by atoms with E-state index in [0.29, 0.717) is 6.61 Å². The topological polar surface area (TPSA) is 90.3 Å². The van der Waals surface area contributed by atoms with Crippen LogP contribution in [0.5, 0.6) is 0 Å². The van der Waals surface area contributed by atoms with E-state index in [4.69, 9.17) is 16.2 Å². The predicted molar refractivity (Wildman–Crippen MR) is 71.2 cm³/mol. The molecule has 0 amide bonds. The van der Waals surface area contributed by atoms with Crippen LogP contribution in [-0.4, -0.2) is 34.7 Å². The number of nitrogen functional groups attached to an aromatic ring is 1. The summed E-state index contributed by atoms with van der Waals surface area (Å²) in [4.78, 5) is 10.5. The molecule has 18 heavy (non-hydrogen) atoms. The lowest BCUT2D eigenvalue weighted by molar-refractivity contribution is -0.0164. The highest BCUT2D eigenvalue weighted by Crippen LogP contribution is 2.20. The van der Waals surface area contributed by atoms with Gasteiger partial charge in [0.2, 0.25) is 5.95 Å². The second kappa shape index (κ2) is 4.70. The van der Waals surface area contributed by atoms with E-state index in [0.717, 1.165) is 24.6 Å². The highest BCUT2D eigenvalue weighted by Gasteiger charge is 2.25. The summed E-state index contributed by atoms with van der Waals surface area (Å²) in [7, 11) is 0. The van der Waals surface area contributed by atoms with Crippen LogP contribution < -0.4 is 16.4 Å². The summed E-state index contributed by atoms with van der Waals surface area (Å²) in [5.74, 6) is 1.11. The zero-order valence-electron chi connectivity index (χ0n) is 11.2. The number of hydrogen-bond donors (Lipinski definition) is 2. The largest absolute Gasteiger partial charge is 0.370 e.